The highest BCUT2D eigenvalue weighted by Crippen LogP contribution is 2.50. The van der Waals surface area contributed by atoms with Crippen molar-refractivity contribution in [3.05, 3.63) is 60.3 Å². The molecule has 2 unspecified atom stereocenters. The summed E-state index contributed by atoms with van der Waals surface area (Å²) >= 11 is 1.37. The third kappa shape index (κ3) is 3.86. The van der Waals surface area contributed by atoms with E-state index in [0.717, 1.165) is 40.4 Å². The van der Waals surface area contributed by atoms with Crippen LogP contribution in [0.4, 0.5) is 16.2 Å². The number of aromatic nitrogens is 1. The van der Waals surface area contributed by atoms with Gasteiger partial charge >= 0.3 is 6.03 Å². The van der Waals surface area contributed by atoms with Crippen LogP contribution in [0.3, 0.4) is 0 Å². The van der Waals surface area contributed by atoms with E-state index in [4.69, 9.17) is 0 Å². The number of amides is 4. The molecule has 33 heavy (non-hydrogen) atoms. The maximum atomic E-state index is 13.3. The van der Waals surface area contributed by atoms with Gasteiger partial charge in [0.15, 0.2) is 0 Å². The van der Waals surface area contributed by atoms with Crippen molar-refractivity contribution < 1.29 is 14.4 Å². The van der Waals surface area contributed by atoms with Crippen LogP contribution in [0.2, 0.25) is 0 Å². The molecule has 4 amide bonds. The van der Waals surface area contributed by atoms with Gasteiger partial charge in [0.05, 0.1) is 17.4 Å². The molecule has 3 aliphatic rings. The van der Waals surface area contributed by atoms with Crippen molar-refractivity contribution in [2.45, 2.75) is 42.1 Å². The van der Waals surface area contributed by atoms with Crippen molar-refractivity contribution in [2.75, 3.05) is 18.0 Å². The monoisotopic (exact) mass is 463 g/mol. The molecule has 0 bridgehead atoms. The van der Waals surface area contributed by atoms with Crippen molar-refractivity contribution in [3.8, 4) is 0 Å². The second-order valence-electron chi connectivity index (χ2n) is 8.53. The average Bonchev–Trinajstić information content (AvgIpc) is 3.18. The fourth-order valence-corrected chi connectivity index (χ4v) is 5.99. The van der Waals surface area contributed by atoms with Crippen LogP contribution in [0, 0.1) is 6.92 Å². The first-order valence-electron chi connectivity index (χ1n) is 11.0. The predicted octanol–water partition coefficient (Wildman–Crippen LogP) is 3.06. The van der Waals surface area contributed by atoms with Crippen LogP contribution in [0.15, 0.2) is 54.2 Å². The molecular formula is C24H25N5O3S. The van der Waals surface area contributed by atoms with Gasteiger partial charge in [0.2, 0.25) is 11.8 Å². The number of benzene rings is 1. The van der Waals surface area contributed by atoms with Crippen LogP contribution in [-0.2, 0) is 9.59 Å². The van der Waals surface area contributed by atoms with Crippen molar-refractivity contribution in [3.63, 3.8) is 0 Å². The molecule has 170 valence electrons. The number of pyridine rings is 1. The van der Waals surface area contributed by atoms with Gasteiger partial charge in [-0.25, -0.2) is 9.78 Å². The zero-order valence-corrected chi connectivity index (χ0v) is 19.1. The second-order valence-corrected chi connectivity index (χ2v) is 9.66. The van der Waals surface area contributed by atoms with Crippen LogP contribution in [0.5, 0.6) is 0 Å². The molecular weight excluding hydrogens is 438 g/mol. The normalized spacial score (nSPS) is 23.5. The standard InChI is InChI=1S/C24H25N5O3S/c1-3-18(30)28-11-5-7-15(13-28)26-22(31)21-20-19-17(9-10-25-23(19)33-21)29(24(32)27-20)16-8-4-6-14(2)12-16/h3-4,6,8-10,12,15,20-21H,1,5,7,11,13H2,2H3,(H,26,31)(H,27,32)/t15?,20?,21-/m1/s1. The van der Waals surface area contributed by atoms with E-state index < -0.39 is 11.3 Å². The molecule has 8 nitrogen and oxygen atoms in total. The van der Waals surface area contributed by atoms with Gasteiger partial charge in [-0.2, -0.15) is 0 Å². The SMILES string of the molecule is C=CC(=O)N1CCCC(NC(=O)[C@@H]2Sc3nccc4c3C2NC(=O)N4c2cccc(C)c2)C1. The number of piperidine rings is 1. The number of rotatable bonds is 4. The summed E-state index contributed by atoms with van der Waals surface area (Å²) in [5.74, 6) is -0.280. The van der Waals surface area contributed by atoms with Gasteiger partial charge < -0.3 is 15.5 Å². The first kappa shape index (κ1) is 21.5. The molecule has 0 aliphatic carbocycles. The lowest BCUT2D eigenvalue weighted by Crippen LogP contribution is -2.53. The summed E-state index contributed by atoms with van der Waals surface area (Å²) in [6.07, 6.45) is 4.61. The molecule has 4 heterocycles. The van der Waals surface area contributed by atoms with Gasteiger partial charge in [0, 0.05) is 30.9 Å². The minimum Gasteiger partial charge on any atom is -0.351 e. The fraction of sp³-hybridized carbons (Fsp3) is 0.333. The lowest BCUT2D eigenvalue weighted by molar-refractivity contribution is -0.129. The number of carbonyl (C=O) groups is 3. The molecule has 0 spiro atoms. The Morgan fingerprint density at radius 3 is 2.97 bits per heavy atom. The largest absolute Gasteiger partial charge is 0.351 e. The van der Waals surface area contributed by atoms with Crippen LogP contribution in [0.1, 0.15) is 30.0 Å². The third-order valence-corrected chi connectivity index (χ3v) is 7.57. The maximum Gasteiger partial charge on any atom is 0.327 e. The molecule has 1 aromatic heterocycles. The molecule has 9 heteroatoms. The van der Waals surface area contributed by atoms with E-state index in [2.05, 4.69) is 22.2 Å². The Kier molecular flexibility index (Phi) is 5.57. The predicted molar refractivity (Wildman–Crippen MR) is 126 cm³/mol. The summed E-state index contributed by atoms with van der Waals surface area (Å²) in [7, 11) is 0. The van der Waals surface area contributed by atoms with E-state index >= 15 is 0 Å². The molecule has 5 rings (SSSR count). The molecule has 3 aliphatic heterocycles. The first-order valence-corrected chi connectivity index (χ1v) is 11.9. The molecule has 0 saturated carbocycles. The van der Waals surface area contributed by atoms with Crippen LogP contribution in [-0.4, -0.2) is 52.1 Å². The molecule has 1 saturated heterocycles. The zero-order chi connectivity index (χ0) is 23.1. The quantitative estimate of drug-likeness (QED) is 0.680. The summed E-state index contributed by atoms with van der Waals surface area (Å²) in [6.45, 7) is 6.66. The van der Waals surface area contributed by atoms with Crippen LogP contribution in [0.25, 0.3) is 0 Å². The number of nitrogens with zero attached hydrogens (tertiary/aromatic N) is 3. The summed E-state index contributed by atoms with van der Waals surface area (Å²) in [5.41, 5.74) is 3.45. The Labute approximate surface area is 196 Å². The smallest absolute Gasteiger partial charge is 0.327 e. The van der Waals surface area contributed by atoms with Crippen molar-refractivity contribution in [1.29, 1.82) is 0 Å². The van der Waals surface area contributed by atoms with Gasteiger partial charge in [-0.05, 0) is 49.6 Å². The van der Waals surface area contributed by atoms with Crippen molar-refractivity contribution >= 4 is 41.0 Å². The Balaban J connectivity index is 1.38. The van der Waals surface area contributed by atoms with E-state index in [0.29, 0.717) is 13.1 Å². The van der Waals surface area contributed by atoms with E-state index in [-0.39, 0.29) is 23.9 Å². The number of hydrogen-bond donors (Lipinski definition) is 2. The summed E-state index contributed by atoms with van der Waals surface area (Å²) < 4.78 is 0. The van der Waals surface area contributed by atoms with Gasteiger partial charge in [0.1, 0.15) is 10.3 Å². The lowest BCUT2D eigenvalue weighted by atomic mass is 9.99. The summed E-state index contributed by atoms with van der Waals surface area (Å²) in [4.78, 5) is 46.3. The third-order valence-electron chi connectivity index (χ3n) is 6.28. The summed E-state index contributed by atoms with van der Waals surface area (Å²) in [5, 5.41) is 6.36. The number of urea groups is 1. The molecule has 0 radical (unpaired) electrons. The Hall–Kier alpha value is -3.33. The highest BCUT2D eigenvalue weighted by atomic mass is 32.2. The average molecular weight is 464 g/mol. The molecule has 1 aromatic carbocycles. The molecule has 3 atom stereocenters. The van der Waals surface area contributed by atoms with Crippen molar-refractivity contribution in [2.24, 2.45) is 0 Å². The Bertz CT molecular complexity index is 1150. The number of aryl methyl sites for hydroxylation is 1. The lowest BCUT2D eigenvalue weighted by Gasteiger charge is -2.35. The number of hydrogen-bond acceptors (Lipinski definition) is 5. The minimum absolute atomic E-state index is 0.124. The highest BCUT2D eigenvalue weighted by Gasteiger charge is 2.47. The fourth-order valence-electron chi connectivity index (χ4n) is 4.76. The maximum absolute atomic E-state index is 13.3. The molecule has 1 fully saturated rings. The van der Waals surface area contributed by atoms with Crippen LogP contribution < -0.4 is 15.5 Å². The number of carbonyl (C=O) groups excluding carboxylic acids is 3. The number of nitrogens with one attached hydrogen (secondary N) is 2. The molecule has 2 aromatic rings. The first-order chi connectivity index (χ1) is 16.0. The Morgan fingerprint density at radius 1 is 1.33 bits per heavy atom. The Morgan fingerprint density at radius 2 is 2.18 bits per heavy atom. The number of likely N-dealkylation sites (tertiary alicyclic amines) is 1. The molecule has 2 N–H and O–H groups in total. The van der Waals surface area contributed by atoms with Gasteiger partial charge in [-0.1, -0.05) is 30.5 Å². The van der Waals surface area contributed by atoms with Crippen molar-refractivity contribution in [1.82, 2.24) is 20.5 Å². The highest BCUT2D eigenvalue weighted by molar-refractivity contribution is 8.01. The van der Waals surface area contributed by atoms with Gasteiger partial charge in [0.25, 0.3) is 0 Å². The zero-order valence-electron chi connectivity index (χ0n) is 18.3. The van der Waals surface area contributed by atoms with E-state index in [9.17, 15) is 14.4 Å². The number of thioether (sulfide) groups is 1. The van der Waals surface area contributed by atoms with E-state index in [1.807, 2.05) is 37.3 Å². The van der Waals surface area contributed by atoms with Gasteiger partial charge in [-0.3, -0.25) is 14.5 Å². The number of anilines is 2. The van der Waals surface area contributed by atoms with Crippen LogP contribution >= 0.6 is 11.8 Å². The minimum atomic E-state index is -0.525. The van der Waals surface area contributed by atoms with E-state index in [1.54, 1.807) is 16.0 Å². The second kappa shape index (κ2) is 8.55. The summed E-state index contributed by atoms with van der Waals surface area (Å²) in [6, 6.07) is 8.72. The van der Waals surface area contributed by atoms with E-state index in [1.165, 1.54) is 17.8 Å². The topological polar surface area (TPSA) is 94.6 Å². The van der Waals surface area contributed by atoms with Gasteiger partial charge in [-0.15, -0.1) is 0 Å².